The van der Waals surface area contributed by atoms with E-state index in [1.54, 1.807) is 12.1 Å². The zero-order valence-corrected chi connectivity index (χ0v) is 18.7. The Bertz CT molecular complexity index is 631. The van der Waals surface area contributed by atoms with Crippen LogP contribution in [-0.4, -0.2) is 37.2 Å². The van der Waals surface area contributed by atoms with Crippen LogP contribution in [0.2, 0.25) is 18.1 Å². The Morgan fingerprint density at radius 1 is 1.22 bits per heavy atom. The van der Waals surface area contributed by atoms with E-state index in [9.17, 15) is 15.0 Å². The number of carbonyl (C=O) groups is 1. The molecule has 0 saturated heterocycles. The van der Waals surface area contributed by atoms with Crippen LogP contribution in [0, 0.1) is 5.92 Å². The molecule has 0 radical (unpaired) electrons. The van der Waals surface area contributed by atoms with Crippen molar-refractivity contribution in [2.24, 2.45) is 5.92 Å². The average molecular weight is 393 g/mol. The summed E-state index contributed by atoms with van der Waals surface area (Å²) in [7, 11) is -1.89. The number of rotatable bonds is 10. The summed E-state index contributed by atoms with van der Waals surface area (Å²) in [4.78, 5) is 11.3. The van der Waals surface area contributed by atoms with Crippen molar-refractivity contribution in [3.8, 4) is 0 Å². The lowest BCUT2D eigenvalue weighted by atomic mass is 9.97. The lowest BCUT2D eigenvalue weighted by Gasteiger charge is -2.40. The van der Waals surface area contributed by atoms with Gasteiger partial charge in [0.25, 0.3) is 0 Å². The molecule has 0 bridgehead atoms. The van der Waals surface area contributed by atoms with Gasteiger partial charge >= 0.3 is 5.97 Å². The highest BCUT2D eigenvalue weighted by Gasteiger charge is 2.39. The summed E-state index contributed by atoms with van der Waals surface area (Å²) in [6.07, 6.45) is 6.25. The number of aromatic carboxylic acids is 1. The summed E-state index contributed by atoms with van der Waals surface area (Å²) in [6.45, 7) is 13.4. The maximum absolute atomic E-state index is 11.3. The average Bonchev–Trinajstić information content (AvgIpc) is 2.57. The Labute approximate surface area is 165 Å². The molecule has 1 rings (SSSR count). The fourth-order valence-electron chi connectivity index (χ4n) is 2.72. The molecule has 0 fully saturated rings. The Balaban J connectivity index is 2.71. The lowest BCUT2D eigenvalue weighted by molar-refractivity contribution is 0.0696. The molecule has 1 aromatic rings. The van der Waals surface area contributed by atoms with Crippen molar-refractivity contribution >= 4 is 14.3 Å². The molecule has 152 valence electrons. The highest BCUT2D eigenvalue weighted by molar-refractivity contribution is 6.74. The van der Waals surface area contributed by atoms with Crippen LogP contribution in [0.4, 0.5) is 0 Å². The van der Waals surface area contributed by atoms with Crippen LogP contribution in [0.25, 0.3) is 0 Å². The number of allylic oxidation sites excluding steroid dienone is 2. The van der Waals surface area contributed by atoms with Crippen LogP contribution in [0.1, 0.15) is 56.5 Å². The Morgan fingerprint density at radius 2 is 1.85 bits per heavy atom. The van der Waals surface area contributed by atoms with Crippen LogP contribution in [0.5, 0.6) is 0 Å². The van der Waals surface area contributed by atoms with Gasteiger partial charge in [-0.3, -0.25) is 0 Å². The van der Waals surface area contributed by atoms with Crippen molar-refractivity contribution in [2.75, 3.05) is 6.61 Å². The van der Waals surface area contributed by atoms with E-state index >= 15 is 0 Å². The molecular weight excluding hydrogens is 356 g/mol. The third-order valence-electron chi connectivity index (χ3n) is 5.56. The van der Waals surface area contributed by atoms with Gasteiger partial charge in [0.2, 0.25) is 0 Å². The minimum absolute atomic E-state index is 0.0341. The van der Waals surface area contributed by atoms with Gasteiger partial charge < -0.3 is 14.6 Å². The quantitative estimate of drug-likeness (QED) is 0.420. The second-order valence-corrected chi connectivity index (χ2v) is 13.5. The van der Waals surface area contributed by atoms with E-state index in [0.717, 1.165) is 12.0 Å². The van der Waals surface area contributed by atoms with E-state index in [1.807, 2.05) is 18.2 Å². The number of hydrogen-bond donors (Lipinski definition) is 2. The first-order valence-electron chi connectivity index (χ1n) is 9.74. The molecule has 27 heavy (non-hydrogen) atoms. The zero-order chi connectivity index (χ0) is 20.7. The molecule has 0 amide bonds. The van der Waals surface area contributed by atoms with Gasteiger partial charge in [-0.25, -0.2) is 4.79 Å². The third-order valence-corrected chi connectivity index (χ3v) is 10.1. The van der Waals surface area contributed by atoms with Crippen LogP contribution in [0.3, 0.4) is 0 Å². The summed E-state index contributed by atoms with van der Waals surface area (Å²) < 4.78 is 6.54. The maximum atomic E-state index is 11.3. The van der Waals surface area contributed by atoms with Crippen molar-refractivity contribution in [1.82, 2.24) is 0 Å². The van der Waals surface area contributed by atoms with Gasteiger partial charge in [-0.05, 0) is 54.9 Å². The number of aliphatic hydroxyl groups is 1. The van der Waals surface area contributed by atoms with E-state index in [0.29, 0.717) is 18.4 Å². The topological polar surface area (TPSA) is 66.8 Å². The SMILES string of the molecule is C[C@H](C/C=C/Cc1ccccc1C(=O)O)[C@H](CCO)O[Si](C)(C)C(C)(C)C. The summed E-state index contributed by atoms with van der Waals surface area (Å²) in [5, 5.41) is 18.8. The molecule has 0 aliphatic carbocycles. The Morgan fingerprint density at radius 3 is 2.41 bits per heavy atom. The first-order chi connectivity index (χ1) is 12.5. The second-order valence-electron chi connectivity index (χ2n) is 8.78. The largest absolute Gasteiger partial charge is 0.478 e. The first-order valence-corrected chi connectivity index (χ1v) is 12.6. The molecule has 0 unspecified atom stereocenters. The standard InChI is InChI=1S/C22H36O4Si/c1-17(20(15-16-23)26-27(5,6)22(2,3)4)11-7-8-12-18-13-9-10-14-19(18)21(24)25/h7-10,13-14,17,20,23H,11-12,15-16H2,1-6H3,(H,24,25)/b8-7+/t17-,20+/m1/s1. The molecule has 0 aliphatic heterocycles. The molecule has 0 heterocycles. The highest BCUT2D eigenvalue weighted by atomic mass is 28.4. The van der Waals surface area contributed by atoms with E-state index in [2.05, 4.69) is 46.9 Å². The van der Waals surface area contributed by atoms with Crippen LogP contribution in [-0.2, 0) is 10.8 Å². The molecule has 0 saturated carbocycles. The predicted octanol–water partition coefficient (Wildman–Crippen LogP) is 5.28. The molecule has 2 atom stereocenters. The minimum Gasteiger partial charge on any atom is -0.478 e. The molecule has 4 nitrogen and oxygen atoms in total. The second kappa shape index (κ2) is 10.2. The van der Waals surface area contributed by atoms with Crippen LogP contribution >= 0.6 is 0 Å². The van der Waals surface area contributed by atoms with E-state index in [4.69, 9.17) is 4.43 Å². The molecule has 0 aromatic heterocycles. The van der Waals surface area contributed by atoms with Gasteiger partial charge in [0, 0.05) is 6.61 Å². The maximum Gasteiger partial charge on any atom is 0.335 e. The normalized spacial score (nSPS) is 15.1. The van der Waals surface area contributed by atoms with Crippen LogP contribution in [0.15, 0.2) is 36.4 Å². The Hall–Kier alpha value is -1.43. The fourth-order valence-corrected chi connectivity index (χ4v) is 4.18. The smallest absolute Gasteiger partial charge is 0.335 e. The summed E-state index contributed by atoms with van der Waals surface area (Å²) >= 11 is 0. The highest BCUT2D eigenvalue weighted by Crippen LogP contribution is 2.38. The van der Waals surface area contributed by atoms with Gasteiger partial charge in [0.05, 0.1) is 11.7 Å². The predicted molar refractivity (Wildman–Crippen MR) is 114 cm³/mol. The van der Waals surface area contributed by atoms with Gasteiger partial charge in [-0.1, -0.05) is 58.0 Å². The van der Waals surface area contributed by atoms with Crippen molar-refractivity contribution in [2.45, 2.75) is 71.2 Å². The lowest BCUT2D eigenvalue weighted by Crippen LogP contribution is -2.45. The Kier molecular flexibility index (Phi) is 8.92. The summed E-state index contributed by atoms with van der Waals surface area (Å²) in [6, 6.07) is 7.10. The van der Waals surface area contributed by atoms with Gasteiger partial charge in [0.1, 0.15) is 0 Å². The summed E-state index contributed by atoms with van der Waals surface area (Å²) in [5.74, 6) is -0.601. The van der Waals surface area contributed by atoms with Gasteiger partial charge in [-0.15, -0.1) is 0 Å². The van der Waals surface area contributed by atoms with Crippen molar-refractivity contribution in [1.29, 1.82) is 0 Å². The van der Waals surface area contributed by atoms with E-state index in [-0.39, 0.29) is 23.7 Å². The zero-order valence-electron chi connectivity index (χ0n) is 17.7. The van der Waals surface area contributed by atoms with E-state index < -0.39 is 14.3 Å². The van der Waals surface area contributed by atoms with Crippen molar-refractivity contribution in [3.63, 3.8) is 0 Å². The molecule has 1 aromatic carbocycles. The molecule has 0 spiro atoms. The number of carboxylic acids is 1. The number of benzene rings is 1. The van der Waals surface area contributed by atoms with Gasteiger partial charge in [-0.2, -0.15) is 0 Å². The number of hydrogen-bond acceptors (Lipinski definition) is 3. The third kappa shape index (κ3) is 7.24. The fraction of sp³-hybridized carbons (Fsp3) is 0.591. The molecule has 5 heteroatoms. The van der Waals surface area contributed by atoms with Gasteiger partial charge in [0.15, 0.2) is 8.32 Å². The van der Waals surface area contributed by atoms with E-state index in [1.165, 1.54) is 0 Å². The molecular formula is C22H36O4Si. The number of carboxylic acid groups (broad SMARTS) is 1. The monoisotopic (exact) mass is 392 g/mol. The first kappa shape index (κ1) is 23.6. The molecule has 0 aliphatic rings. The van der Waals surface area contributed by atoms with Crippen LogP contribution < -0.4 is 0 Å². The summed E-state index contributed by atoms with van der Waals surface area (Å²) in [5.41, 5.74) is 1.17. The molecule has 2 N–H and O–H groups in total. The van der Waals surface area contributed by atoms with Crippen molar-refractivity contribution < 1.29 is 19.4 Å². The van der Waals surface area contributed by atoms with Crippen molar-refractivity contribution in [3.05, 3.63) is 47.5 Å². The number of aliphatic hydroxyl groups excluding tert-OH is 1. The minimum atomic E-state index is -1.89.